The average Bonchev–Trinajstić information content (AvgIpc) is 2.30. The number of hydrogen-bond donors (Lipinski definition) is 0. The minimum absolute atomic E-state index is 0.754. The van der Waals surface area contributed by atoms with E-state index in [0.717, 1.165) is 24.4 Å². The Morgan fingerprint density at radius 1 is 1.24 bits per heavy atom. The SMILES string of the molecule is CC(C)C1C(C)CCCN1Cc1ccccc1. The molecule has 2 rings (SSSR count). The molecule has 1 saturated heterocycles. The fourth-order valence-corrected chi connectivity index (χ4v) is 3.38. The lowest BCUT2D eigenvalue weighted by Gasteiger charge is -2.42. The van der Waals surface area contributed by atoms with E-state index in [-0.39, 0.29) is 0 Å². The first-order chi connectivity index (χ1) is 8.18. The van der Waals surface area contributed by atoms with Gasteiger partial charge in [0.2, 0.25) is 0 Å². The normalized spacial score (nSPS) is 26.4. The fourth-order valence-electron chi connectivity index (χ4n) is 3.38. The molecule has 1 aromatic carbocycles. The maximum atomic E-state index is 2.69. The zero-order chi connectivity index (χ0) is 12.3. The van der Waals surface area contributed by atoms with Crippen molar-refractivity contribution in [3.05, 3.63) is 35.9 Å². The van der Waals surface area contributed by atoms with E-state index in [9.17, 15) is 0 Å². The second kappa shape index (κ2) is 5.68. The van der Waals surface area contributed by atoms with Gasteiger partial charge in [0.1, 0.15) is 0 Å². The first-order valence-electron chi connectivity index (χ1n) is 6.96. The summed E-state index contributed by atoms with van der Waals surface area (Å²) in [6.07, 6.45) is 2.76. The molecule has 17 heavy (non-hydrogen) atoms. The third-order valence-corrected chi connectivity index (χ3v) is 4.02. The quantitative estimate of drug-likeness (QED) is 0.761. The molecule has 1 heterocycles. The van der Waals surface area contributed by atoms with Gasteiger partial charge in [0.05, 0.1) is 0 Å². The third-order valence-electron chi connectivity index (χ3n) is 4.02. The molecule has 0 spiro atoms. The Balaban J connectivity index is 2.07. The number of nitrogens with zero attached hydrogens (tertiary/aromatic N) is 1. The van der Waals surface area contributed by atoms with E-state index in [1.807, 2.05) is 0 Å². The Bertz CT molecular complexity index is 331. The highest BCUT2D eigenvalue weighted by molar-refractivity contribution is 5.14. The Kier molecular flexibility index (Phi) is 4.22. The van der Waals surface area contributed by atoms with Gasteiger partial charge in [-0.05, 0) is 36.8 Å². The molecule has 2 atom stereocenters. The predicted octanol–water partition coefficient (Wildman–Crippen LogP) is 3.94. The highest BCUT2D eigenvalue weighted by Gasteiger charge is 2.30. The van der Waals surface area contributed by atoms with Crippen LogP contribution >= 0.6 is 0 Å². The van der Waals surface area contributed by atoms with Crippen molar-refractivity contribution in [1.29, 1.82) is 0 Å². The second-order valence-electron chi connectivity index (χ2n) is 5.81. The number of piperidine rings is 1. The van der Waals surface area contributed by atoms with Crippen LogP contribution in [-0.2, 0) is 6.54 Å². The second-order valence-corrected chi connectivity index (χ2v) is 5.81. The average molecular weight is 231 g/mol. The van der Waals surface area contributed by atoms with Gasteiger partial charge < -0.3 is 0 Å². The lowest BCUT2D eigenvalue weighted by atomic mass is 9.83. The maximum Gasteiger partial charge on any atom is 0.0236 e. The predicted molar refractivity (Wildman–Crippen MR) is 73.9 cm³/mol. The molecule has 1 aliphatic rings. The zero-order valence-electron chi connectivity index (χ0n) is 11.4. The molecule has 0 bridgehead atoms. The van der Waals surface area contributed by atoms with Crippen molar-refractivity contribution in [3.8, 4) is 0 Å². The summed E-state index contributed by atoms with van der Waals surface area (Å²) in [6.45, 7) is 9.53. The topological polar surface area (TPSA) is 3.24 Å². The number of likely N-dealkylation sites (tertiary alicyclic amines) is 1. The van der Waals surface area contributed by atoms with E-state index in [1.54, 1.807) is 0 Å². The van der Waals surface area contributed by atoms with Gasteiger partial charge in [-0.2, -0.15) is 0 Å². The van der Waals surface area contributed by atoms with Crippen molar-refractivity contribution >= 4 is 0 Å². The van der Waals surface area contributed by atoms with Gasteiger partial charge in [-0.3, -0.25) is 4.90 Å². The summed E-state index contributed by atoms with van der Waals surface area (Å²) < 4.78 is 0. The summed E-state index contributed by atoms with van der Waals surface area (Å²) >= 11 is 0. The first-order valence-corrected chi connectivity index (χ1v) is 6.96. The maximum absolute atomic E-state index is 2.69. The summed E-state index contributed by atoms with van der Waals surface area (Å²) in [4.78, 5) is 2.69. The summed E-state index contributed by atoms with van der Waals surface area (Å²) in [6, 6.07) is 11.6. The smallest absolute Gasteiger partial charge is 0.0236 e. The Morgan fingerprint density at radius 2 is 1.94 bits per heavy atom. The minimum atomic E-state index is 0.754. The zero-order valence-corrected chi connectivity index (χ0v) is 11.4. The molecule has 0 N–H and O–H groups in total. The van der Waals surface area contributed by atoms with E-state index >= 15 is 0 Å². The Hall–Kier alpha value is -0.820. The van der Waals surface area contributed by atoms with E-state index in [4.69, 9.17) is 0 Å². The Morgan fingerprint density at radius 3 is 2.59 bits per heavy atom. The van der Waals surface area contributed by atoms with Crippen LogP contribution in [0.15, 0.2) is 30.3 Å². The monoisotopic (exact) mass is 231 g/mol. The number of rotatable bonds is 3. The molecule has 1 nitrogen and oxygen atoms in total. The van der Waals surface area contributed by atoms with Crippen molar-refractivity contribution in [1.82, 2.24) is 4.90 Å². The van der Waals surface area contributed by atoms with Crippen LogP contribution in [0.3, 0.4) is 0 Å². The van der Waals surface area contributed by atoms with Gasteiger partial charge in [-0.1, -0.05) is 51.1 Å². The highest BCUT2D eigenvalue weighted by Crippen LogP contribution is 2.29. The highest BCUT2D eigenvalue weighted by atomic mass is 15.2. The lowest BCUT2D eigenvalue weighted by molar-refractivity contribution is 0.0609. The van der Waals surface area contributed by atoms with Crippen LogP contribution in [-0.4, -0.2) is 17.5 Å². The minimum Gasteiger partial charge on any atom is -0.296 e. The van der Waals surface area contributed by atoms with Crippen LogP contribution in [0, 0.1) is 11.8 Å². The molecule has 94 valence electrons. The van der Waals surface area contributed by atoms with Crippen molar-refractivity contribution in [3.63, 3.8) is 0 Å². The largest absolute Gasteiger partial charge is 0.296 e. The van der Waals surface area contributed by atoms with Crippen LogP contribution in [0.2, 0.25) is 0 Å². The van der Waals surface area contributed by atoms with Crippen LogP contribution < -0.4 is 0 Å². The molecular weight excluding hydrogens is 206 g/mol. The third kappa shape index (κ3) is 3.10. The van der Waals surface area contributed by atoms with Gasteiger partial charge in [0.15, 0.2) is 0 Å². The van der Waals surface area contributed by atoms with Crippen molar-refractivity contribution in [2.45, 2.75) is 46.2 Å². The van der Waals surface area contributed by atoms with Gasteiger partial charge >= 0.3 is 0 Å². The van der Waals surface area contributed by atoms with Gasteiger partial charge in [-0.25, -0.2) is 0 Å². The summed E-state index contributed by atoms with van der Waals surface area (Å²) in [5, 5.41) is 0. The molecule has 1 aliphatic heterocycles. The molecule has 1 aromatic rings. The number of hydrogen-bond acceptors (Lipinski definition) is 1. The van der Waals surface area contributed by atoms with E-state index in [1.165, 1.54) is 24.9 Å². The molecule has 2 unspecified atom stereocenters. The van der Waals surface area contributed by atoms with Crippen molar-refractivity contribution in [2.75, 3.05) is 6.54 Å². The van der Waals surface area contributed by atoms with E-state index < -0.39 is 0 Å². The molecule has 1 fully saturated rings. The Labute approximate surface area is 106 Å². The van der Waals surface area contributed by atoms with E-state index in [0.29, 0.717) is 0 Å². The summed E-state index contributed by atoms with van der Waals surface area (Å²) in [5.74, 6) is 1.60. The molecule has 0 aromatic heterocycles. The molecule has 0 aliphatic carbocycles. The van der Waals surface area contributed by atoms with Gasteiger partial charge in [0, 0.05) is 12.6 Å². The van der Waals surface area contributed by atoms with Crippen LogP contribution in [0.4, 0.5) is 0 Å². The first kappa shape index (κ1) is 12.6. The lowest BCUT2D eigenvalue weighted by Crippen LogP contribution is -2.46. The summed E-state index contributed by atoms with van der Waals surface area (Å²) in [5.41, 5.74) is 1.45. The van der Waals surface area contributed by atoms with Crippen LogP contribution in [0.5, 0.6) is 0 Å². The van der Waals surface area contributed by atoms with Gasteiger partial charge in [0.25, 0.3) is 0 Å². The molecule has 1 heteroatoms. The molecule has 0 amide bonds. The van der Waals surface area contributed by atoms with Crippen LogP contribution in [0.1, 0.15) is 39.2 Å². The van der Waals surface area contributed by atoms with Gasteiger partial charge in [-0.15, -0.1) is 0 Å². The number of benzene rings is 1. The molecular formula is C16H25N. The van der Waals surface area contributed by atoms with E-state index in [2.05, 4.69) is 56.0 Å². The standard InChI is InChI=1S/C16H25N/c1-13(2)16-14(3)8-7-11-17(16)12-15-9-5-4-6-10-15/h4-6,9-10,13-14,16H,7-8,11-12H2,1-3H3. The summed E-state index contributed by atoms with van der Waals surface area (Å²) in [7, 11) is 0. The van der Waals surface area contributed by atoms with Crippen molar-refractivity contribution in [2.24, 2.45) is 11.8 Å². The molecule has 0 radical (unpaired) electrons. The van der Waals surface area contributed by atoms with Crippen LogP contribution in [0.25, 0.3) is 0 Å². The van der Waals surface area contributed by atoms with Crippen molar-refractivity contribution < 1.29 is 0 Å². The fraction of sp³-hybridized carbons (Fsp3) is 0.625. The molecule has 0 saturated carbocycles.